The molecule has 4 aromatic rings. The van der Waals surface area contributed by atoms with Gasteiger partial charge in [-0.2, -0.15) is 0 Å². The van der Waals surface area contributed by atoms with Crippen LogP contribution in [0.5, 0.6) is 11.5 Å². The smallest absolute Gasteiger partial charge is 0.488 e. The first-order chi connectivity index (χ1) is 23.4. The molecule has 0 bridgehead atoms. The molecule has 2 aliphatic heterocycles. The summed E-state index contributed by atoms with van der Waals surface area (Å²) in [6, 6.07) is 33.1. The molecule has 3 N–H and O–H groups in total. The number of benzene rings is 4. The van der Waals surface area contributed by atoms with Crippen LogP contribution < -0.4 is 15.1 Å². The van der Waals surface area contributed by atoms with Crippen LogP contribution in [-0.2, 0) is 14.3 Å². The van der Waals surface area contributed by atoms with Gasteiger partial charge in [-0.15, -0.1) is 0 Å². The van der Waals surface area contributed by atoms with Crippen LogP contribution >= 0.6 is 0 Å². The van der Waals surface area contributed by atoms with E-state index in [0.717, 1.165) is 33.6 Å². The fourth-order valence-corrected chi connectivity index (χ4v) is 7.43. The van der Waals surface area contributed by atoms with Gasteiger partial charge >= 0.3 is 7.12 Å². The van der Waals surface area contributed by atoms with Gasteiger partial charge in [0.1, 0.15) is 18.1 Å². The van der Waals surface area contributed by atoms with Crippen molar-refractivity contribution < 1.29 is 34.2 Å². The molecule has 3 aliphatic rings. The highest BCUT2D eigenvalue weighted by Crippen LogP contribution is 2.50. The number of fused-ring (bicyclic) bond motifs is 3. The van der Waals surface area contributed by atoms with E-state index in [1.54, 1.807) is 30.3 Å². The predicted molar refractivity (Wildman–Crippen MR) is 184 cm³/mol. The van der Waals surface area contributed by atoms with Crippen LogP contribution in [0, 0.1) is 17.8 Å². The molecule has 0 unspecified atom stereocenters. The maximum Gasteiger partial charge on any atom is 0.488 e. The number of ether oxygens (including phenoxy) is 2. The molecular weight excluding hydrogens is 605 g/mol. The van der Waals surface area contributed by atoms with E-state index < -0.39 is 19.0 Å². The standard InChI is InChI=1S/C39H36BNO7/c42-31-14-7-9-25(20-31)19-27(26-10-3-1-4-11-26)17-18-35-36-28(23-47-32-15-5-2-6-16-32)21-33-37(34(36)24-48-35)39(44)41(38(33)43)30-13-8-12-29(22-30)40(45)46/h1-16,19-20,22,33-35,37,42,45-46H,17-18,21,23-24H2/b27-19-/t33-,34+,35-,37-/m1/s1. The Kier molecular flexibility index (Phi) is 8.99. The largest absolute Gasteiger partial charge is 0.508 e. The van der Waals surface area contributed by atoms with Gasteiger partial charge in [0.2, 0.25) is 11.8 Å². The van der Waals surface area contributed by atoms with Crippen molar-refractivity contribution in [2.45, 2.75) is 25.4 Å². The van der Waals surface area contributed by atoms with Crippen molar-refractivity contribution in [3.8, 4) is 11.5 Å². The number of carbonyl (C=O) groups excluding carboxylic acids is 2. The van der Waals surface area contributed by atoms with E-state index in [-0.39, 0.29) is 41.7 Å². The molecule has 2 amide bonds. The molecule has 0 aromatic heterocycles. The Labute approximate surface area is 279 Å². The van der Waals surface area contributed by atoms with Gasteiger partial charge in [-0.3, -0.25) is 14.5 Å². The normalized spacial score (nSPS) is 22.1. The van der Waals surface area contributed by atoms with Crippen LogP contribution in [0.4, 0.5) is 5.69 Å². The van der Waals surface area contributed by atoms with E-state index in [9.17, 15) is 24.7 Å². The van der Waals surface area contributed by atoms with E-state index in [0.29, 0.717) is 31.6 Å². The van der Waals surface area contributed by atoms with Crippen molar-refractivity contribution in [3.63, 3.8) is 0 Å². The highest BCUT2D eigenvalue weighted by molar-refractivity contribution is 6.58. The summed E-state index contributed by atoms with van der Waals surface area (Å²) in [6.07, 6.45) is 3.51. The summed E-state index contributed by atoms with van der Waals surface area (Å²) in [6.45, 7) is 0.590. The molecule has 0 spiro atoms. The Hall–Kier alpha value is -4.96. The summed E-state index contributed by atoms with van der Waals surface area (Å²) < 4.78 is 12.7. The Morgan fingerprint density at radius 3 is 2.38 bits per heavy atom. The summed E-state index contributed by atoms with van der Waals surface area (Å²) >= 11 is 0. The first kappa shape index (κ1) is 31.6. The monoisotopic (exact) mass is 641 g/mol. The van der Waals surface area contributed by atoms with Crippen molar-refractivity contribution in [2.75, 3.05) is 18.1 Å². The lowest BCUT2D eigenvalue weighted by Crippen LogP contribution is -2.36. The molecule has 0 saturated carbocycles. The summed E-state index contributed by atoms with van der Waals surface area (Å²) in [5.41, 5.74) is 5.61. The molecule has 4 aromatic carbocycles. The molecular formula is C39H36BNO7. The third-order valence-electron chi connectivity index (χ3n) is 9.62. The number of amides is 2. The van der Waals surface area contributed by atoms with Crippen molar-refractivity contribution in [2.24, 2.45) is 17.8 Å². The van der Waals surface area contributed by atoms with Crippen molar-refractivity contribution in [1.29, 1.82) is 0 Å². The maximum absolute atomic E-state index is 14.1. The summed E-state index contributed by atoms with van der Waals surface area (Å²) in [5.74, 6) is -1.12. The van der Waals surface area contributed by atoms with E-state index in [2.05, 4.69) is 18.2 Å². The fourth-order valence-electron chi connectivity index (χ4n) is 7.43. The SMILES string of the molecule is O=C1[C@@H]2[C@@H](CC(COc3ccccc3)=C3[C@@H](CC/C(=C/c4cccc(O)c4)c4ccccc4)OC[C@@H]32)C(=O)N1c1cccc(B(O)O)c1. The van der Waals surface area contributed by atoms with Gasteiger partial charge < -0.3 is 24.6 Å². The fraction of sp³-hybridized carbons (Fsp3) is 0.231. The highest BCUT2D eigenvalue weighted by Gasteiger charge is 2.57. The highest BCUT2D eigenvalue weighted by atomic mass is 16.5. The van der Waals surface area contributed by atoms with Gasteiger partial charge in [-0.05, 0) is 89.0 Å². The number of phenols is 1. The number of rotatable bonds is 10. The lowest BCUT2D eigenvalue weighted by molar-refractivity contribution is -0.122. The van der Waals surface area contributed by atoms with Gasteiger partial charge in [0.05, 0.1) is 30.2 Å². The molecule has 1 aliphatic carbocycles. The zero-order chi connectivity index (χ0) is 33.2. The number of para-hydroxylation sites is 1. The molecule has 7 rings (SSSR count). The first-order valence-corrected chi connectivity index (χ1v) is 16.3. The van der Waals surface area contributed by atoms with Gasteiger partial charge in [-0.1, -0.05) is 78.9 Å². The second-order valence-corrected chi connectivity index (χ2v) is 12.6. The van der Waals surface area contributed by atoms with Gasteiger partial charge in [0.15, 0.2) is 0 Å². The van der Waals surface area contributed by atoms with Crippen LogP contribution in [0.15, 0.2) is 120 Å². The second kappa shape index (κ2) is 13.6. The van der Waals surface area contributed by atoms with E-state index in [4.69, 9.17) is 9.47 Å². The number of allylic oxidation sites excluding steroid dienone is 1. The number of phenolic OH excluding ortho intramolecular Hbond substituents is 1. The number of imide groups is 1. The zero-order valence-corrected chi connectivity index (χ0v) is 26.3. The minimum Gasteiger partial charge on any atom is -0.508 e. The predicted octanol–water partition coefficient (Wildman–Crippen LogP) is 4.99. The second-order valence-electron chi connectivity index (χ2n) is 12.6. The molecule has 9 heteroatoms. The van der Waals surface area contributed by atoms with Crippen molar-refractivity contribution in [1.82, 2.24) is 0 Å². The van der Waals surface area contributed by atoms with Gasteiger partial charge in [-0.25, -0.2) is 0 Å². The third-order valence-corrected chi connectivity index (χ3v) is 9.62. The lowest BCUT2D eigenvalue weighted by Gasteiger charge is -2.31. The molecule has 48 heavy (non-hydrogen) atoms. The Morgan fingerprint density at radius 2 is 1.62 bits per heavy atom. The number of hydrogen-bond acceptors (Lipinski definition) is 7. The minimum absolute atomic E-state index is 0.201. The molecule has 4 atom stereocenters. The summed E-state index contributed by atoms with van der Waals surface area (Å²) in [7, 11) is -1.72. The molecule has 242 valence electrons. The lowest BCUT2D eigenvalue weighted by atomic mass is 9.69. The number of nitrogens with zero attached hydrogens (tertiary/aromatic N) is 1. The first-order valence-electron chi connectivity index (χ1n) is 16.3. The average molecular weight is 642 g/mol. The maximum atomic E-state index is 14.1. The van der Waals surface area contributed by atoms with Gasteiger partial charge in [0, 0.05) is 5.92 Å². The summed E-state index contributed by atoms with van der Waals surface area (Å²) in [5, 5.41) is 29.6. The zero-order valence-electron chi connectivity index (χ0n) is 26.3. The van der Waals surface area contributed by atoms with E-state index in [1.807, 2.05) is 60.7 Å². The molecule has 2 saturated heterocycles. The average Bonchev–Trinajstić information content (AvgIpc) is 3.64. The van der Waals surface area contributed by atoms with Crippen LogP contribution in [0.3, 0.4) is 0 Å². The van der Waals surface area contributed by atoms with Gasteiger partial charge in [0.25, 0.3) is 0 Å². The number of carbonyl (C=O) groups is 2. The van der Waals surface area contributed by atoms with Crippen molar-refractivity contribution >= 4 is 41.7 Å². The van der Waals surface area contributed by atoms with E-state index in [1.165, 1.54) is 11.0 Å². The molecule has 0 radical (unpaired) electrons. The number of hydrogen-bond donors (Lipinski definition) is 3. The number of aromatic hydroxyl groups is 1. The third kappa shape index (κ3) is 6.32. The van der Waals surface area contributed by atoms with E-state index >= 15 is 0 Å². The Balaban J connectivity index is 1.20. The van der Waals surface area contributed by atoms with Crippen LogP contribution in [0.2, 0.25) is 0 Å². The summed E-state index contributed by atoms with van der Waals surface area (Å²) in [4.78, 5) is 29.2. The van der Waals surface area contributed by atoms with Crippen LogP contribution in [0.25, 0.3) is 11.6 Å². The molecule has 8 nitrogen and oxygen atoms in total. The molecule has 2 heterocycles. The molecule has 2 fully saturated rings. The minimum atomic E-state index is -1.72. The topological polar surface area (TPSA) is 117 Å². The Bertz CT molecular complexity index is 1870. The number of anilines is 1. The van der Waals surface area contributed by atoms with Crippen LogP contribution in [0.1, 0.15) is 30.4 Å². The van der Waals surface area contributed by atoms with Crippen molar-refractivity contribution in [3.05, 3.63) is 131 Å². The van der Waals surface area contributed by atoms with Crippen LogP contribution in [-0.4, -0.2) is 53.4 Å². The Morgan fingerprint density at radius 1 is 0.875 bits per heavy atom. The quantitative estimate of drug-likeness (QED) is 0.0967.